The minimum absolute atomic E-state index is 0.321. The van der Waals surface area contributed by atoms with Crippen molar-refractivity contribution in [3.8, 4) is 17.6 Å². The number of nitrogens with zero attached hydrogens (tertiary/aromatic N) is 4. The Morgan fingerprint density at radius 2 is 1.85 bits per heavy atom. The fourth-order valence-electron chi connectivity index (χ4n) is 3.79. The lowest BCUT2D eigenvalue weighted by Crippen LogP contribution is -2.32. The molecule has 1 N–H and O–H groups in total. The second kappa shape index (κ2) is 8.86. The average molecular weight is 455 g/mol. The lowest BCUT2D eigenvalue weighted by molar-refractivity contribution is -0.137. The van der Waals surface area contributed by atoms with Crippen molar-refractivity contribution in [3.63, 3.8) is 0 Å². The van der Waals surface area contributed by atoms with Gasteiger partial charge < -0.3 is 19.7 Å². The molecule has 0 unspecified atom stereocenters. The predicted octanol–water partition coefficient (Wildman–Crippen LogP) is 4.69. The third-order valence-electron chi connectivity index (χ3n) is 5.45. The first kappa shape index (κ1) is 22.2. The van der Waals surface area contributed by atoms with E-state index in [-0.39, 0.29) is 0 Å². The number of alkyl halides is 3. The highest BCUT2D eigenvalue weighted by atomic mass is 19.4. The average Bonchev–Trinajstić information content (AvgIpc) is 2.82. The van der Waals surface area contributed by atoms with E-state index in [2.05, 4.69) is 15.3 Å². The van der Waals surface area contributed by atoms with Gasteiger partial charge in [-0.15, -0.1) is 0 Å². The van der Waals surface area contributed by atoms with E-state index in [9.17, 15) is 13.2 Å². The number of aromatic nitrogens is 2. The normalized spacial score (nSPS) is 13.2. The first-order chi connectivity index (χ1) is 15.8. The van der Waals surface area contributed by atoms with Gasteiger partial charge in [-0.25, -0.2) is 9.97 Å². The summed E-state index contributed by atoms with van der Waals surface area (Å²) in [6.45, 7) is 0.797. The van der Waals surface area contributed by atoms with Crippen molar-refractivity contribution in [2.75, 3.05) is 31.0 Å². The smallest absolute Gasteiger partial charge is 0.417 e. The van der Waals surface area contributed by atoms with E-state index in [0.29, 0.717) is 42.5 Å². The van der Waals surface area contributed by atoms with Crippen molar-refractivity contribution in [2.45, 2.75) is 19.1 Å². The van der Waals surface area contributed by atoms with E-state index in [1.54, 1.807) is 32.4 Å². The number of anilines is 3. The Kier molecular flexibility index (Phi) is 5.96. The molecule has 0 aliphatic carbocycles. The van der Waals surface area contributed by atoms with Gasteiger partial charge in [0.05, 0.1) is 43.7 Å². The number of hydrogen-bond donors (Lipinski definition) is 1. The molecule has 0 bridgehead atoms. The van der Waals surface area contributed by atoms with Crippen LogP contribution in [0.5, 0.6) is 11.5 Å². The molecule has 170 valence electrons. The summed E-state index contributed by atoms with van der Waals surface area (Å²) in [6.07, 6.45) is -2.65. The van der Waals surface area contributed by atoms with Gasteiger partial charge in [0.15, 0.2) is 11.5 Å². The molecule has 4 rings (SSSR count). The molecule has 0 spiro atoms. The Labute approximate surface area is 188 Å². The molecule has 33 heavy (non-hydrogen) atoms. The number of halogens is 3. The minimum atomic E-state index is -4.60. The molecular formula is C23H20F3N5O2. The Morgan fingerprint density at radius 1 is 1.06 bits per heavy atom. The second-order valence-corrected chi connectivity index (χ2v) is 7.35. The molecule has 0 amide bonds. The maximum absolute atomic E-state index is 13.4. The van der Waals surface area contributed by atoms with Crippen LogP contribution in [-0.4, -0.2) is 30.7 Å². The third-order valence-corrected chi connectivity index (χ3v) is 5.45. The SMILES string of the molecule is COc1ccc(Nc2ncnc3c2CCN(c2ccc(C#N)c(C(F)(F)F)c2)C3)cc1OC. The van der Waals surface area contributed by atoms with Crippen LogP contribution in [0.1, 0.15) is 22.4 Å². The highest BCUT2D eigenvalue weighted by molar-refractivity contribution is 5.65. The highest BCUT2D eigenvalue weighted by Gasteiger charge is 2.34. The molecule has 0 saturated heterocycles. The molecule has 3 aromatic rings. The zero-order valence-electron chi connectivity index (χ0n) is 17.9. The Bertz CT molecular complexity index is 1220. The van der Waals surface area contributed by atoms with Crippen LogP contribution in [0.25, 0.3) is 0 Å². The summed E-state index contributed by atoms with van der Waals surface area (Å²) in [4.78, 5) is 10.5. The first-order valence-corrected chi connectivity index (χ1v) is 10.0. The van der Waals surface area contributed by atoms with E-state index in [0.717, 1.165) is 23.0 Å². The van der Waals surface area contributed by atoms with Gasteiger partial charge in [-0.2, -0.15) is 18.4 Å². The van der Waals surface area contributed by atoms with Crippen molar-refractivity contribution in [2.24, 2.45) is 0 Å². The number of nitrogens with one attached hydrogen (secondary N) is 1. The van der Waals surface area contributed by atoms with Crippen molar-refractivity contribution < 1.29 is 22.6 Å². The maximum Gasteiger partial charge on any atom is 0.417 e. The highest BCUT2D eigenvalue weighted by Crippen LogP contribution is 2.36. The Morgan fingerprint density at radius 3 is 2.55 bits per heavy atom. The molecule has 0 radical (unpaired) electrons. The summed E-state index contributed by atoms with van der Waals surface area (Å²) in [5, 5.41) is 12.3. The molecule has 0 atom stereocenters. The molecule has 1 aromatic heterocycles. The van der Waals surface area contributed by atoms with Crippen molar-refractivity contribution in [1.82, 2.24) is 9.97 Å². The van der Waals surface area contributed by atoms with Crippen LogP contribution < -0.4 is 19.7 Å². The van der Waals surface area contributed by atoms with E-state index in [1.165, 1.54) is 18.5 Å². The molecule has 10 heteroatoms. The van der Waals surface area contributed by atoms with Crippen LogP contribution in [0.2, 0.25) is 0 Å². The van der Waals surface area contributed by atoms with Gasteiger partial charge in [0.25, 0.3) is 0 Å². The minimum Gasteiger partial charge on any atom is -0.493 e. The zero-order chi connectivity index (χ0) is 23.6. The summed E-state index contributed by atoms with van der Waals surface area (Å²) in [5.74, 6) is 1.80. The molecule has 7 nitrogen and oxygen atoms in total. The van der Waals surface area contributed by atoms with Crippen LogP contribution in [0.3, 0.4) is 0 Å². The van der Waals surface area contributed by atoms with Crippen molar-refractivity contribution in [1.29, 1.82) is 5.26 Å². The molecule has 2 aromatic carbocycles. The molecule has 1 aliphatic heterocycles. The number of methoxy groups -OCH3 is 2. The number of hydrogen-bond acceptors (Lipinski definition) is 7. The van der Waals surface area contributed by atoms with Gasteiger partial charge in [0.1, 0.15) is 12.1 Å². The first-order valence-electron chi connectivity index (χ1n) is 10.0. The van der Waals surface area contributed by atoms with Crippen LogP contribution in [0.4, 0.5) is 30.4 Å². The molecule has 1 aliphatic rings. The predicted molar refractivity (Wildman–Crippen MR) is 116 cm³/mol. The lowest BCUT2D eigenvalue weighted by atomic mass is 10.0. The van der Waals surface area contributed by atoms with Crippen LogP contribution in [0, 0.1) is 11.3 Å². The van der Waals surface area contributed by atoms with Gasteiger partial charge in [0, 0.05) is 29.5 Å². The quantitative estimate of drug-likeness (QED) is 0.598. The monoisotopic (exact) mass is 455 g/mol. The number of ether oxygens (including phenoxy) is 2. The standard InChI is InChI=1S/C23H20F3N5O2/c1-32-20-6-4-15(9-21(20)33-2)30-22-17-7-8-31(12-19(17)28-13-29-22)16-5-3-14(11-27)18(10-16)23(24,25)26/h3-6,9-10,13H,7-8,12H2,1-2H3,(H,28,29,30). The van der Waals surface area contributed by atoms with Gasteiger partial charge in [-0.05, 0) is 36.8 Å². The number of nitriles is 1. The fraction of sp³-hybridized carbons (Fsp3) is 0.261. The van der Waals surface area contributed by atoms with Crippen LogP contribution >= 0.6 is 0 Å². The van der Waals surface area contributed by atoms with Gasteiger partial charge in [-0.1, -0.05) is 0 Å². The van der Waals surface area contributed by atoms with Crippen molar-refractivity contribution >= 4 is 17.2 Å². The summed E-state index contributed by atoms with van der Waals surface area (Å²) >= 11 is 0. The van der Waals surface area contributed by atoms with Crippen molar-refractivity contribution in [3.05, 3.63) is 65.1 Å². The summed E-state index contributed by atoms with van der Waals surface area (Å²) in [7, 11) is 3.11. The number of rotatable bonds is 5. The Hall–Kier alpha value is -4.00. The number of fused-ring (bicyclic) bond motifs is 1. The Balaban J connectivity index is 1.60. The lowest BCUT2D eigenvalue weighted by Gasteiger charge is -2.31. The van der Waals surface area contributed by atoms with E-state index in [4.69, 9.17) is 14.7 Å². The fourth-order valence-corrected chi connectivity index (χ4v) is 3.79. The van der Waals surface area contributed by atoms with Crippen LogP contribution in [0.15, 0.2) is 42.7 Å². The van der Waals surface area contributed by atoms with Gasteiger partial charge in [0.2, 0.25) is 0 Å². The van der Waals surface area contributed by atoms with E-state index >= 15 is 0 Å². The molecular weight excluding hydrogens is 435 g/mol. The largest absolute Gasteiger partial charge is 0.493 e. The zero-order valence-corrected chi connectivity index (χ0v) is 17.9. The molecule has 2 heterocycles. The van der Waals surface area contributed by atoms with E-state index in [1.807, 2.05) is 11.0 Å². The summed E-state index contributed by atoms with van der Waals surface area (Å²) in [5.41, 5.74) is 1.42. The third kappa shape index (κ3) is 4.48. The topological polar surface area (TPSA) is 83.3 Å². The maximum atomic E-state index is 13.4. The summed E-state index contributed by atoms with van der Waals surface area (Å²) in [6, 6.07) is 10.8. The second-order valence-electron chi connectivity index (χ2n) is 7.35. The van der Waals surface area contributed by atoms with Gasteiger partial charge in [-0.3, -0.25) is 0 Å². The molecule has 0 fully saturated rings. The molecule has 0 saturated carbocycles. The van der Waals surface area contributed by atoms with Crippen LogP contribution in [-0.2, 0) is 19.1 Å². The van der Waals surface area contributed by atoms with E-state index < -0.39 is 17.3 Å². The van der Waals surface area contributed by atoms with Gasteiger partial charge >= 0.3 is 6.18 Å². The number of benzene rings is 2. The summed E-state index contributed by atoms with van der Waals surface area (Å²) < 4.78 is 50.7.